The number of ketones is 1. The molecule has 32 heavy (non-hydrogen) atoms. The van der Waals surface area contributed by atoms with Crippen molar-refractivity contribution in [1.29, 1.82) is 0 Å². The number of nitrogens with zero attached hydrogens (tertiary/aromatic N) is 3. The summed E-state index contributed by atoms with van der Waals surface area (Å²) in [5.74, 6) is -0.329. The molecule has 0 bridgehead atoms. The first-order valence-electron chi connectivity index (χ1n) is 10.0. The van der Waals surface area contributed by atoms with Gasteiger partial charge in [-0.15, -0.1) is 0 Å². The van der Waals surface area contributed by atoms with Gasteiger partial charge in [-0.2, -0.15) is 13.2 Å². The lowest BCUT2D eigenvalue weighted by atomic mass is 10.0. The van der Waals surface area contributed by atoms with E-state index in [0.29, 0.717) is 11.6 Å². The second kappa shape index (κ2) is 9.37. The number of carbonyl (C=O) groups is 2. The fourth-order valence-corrected chi connectivity index (χ4v) is 3.57. The van der Waals surface area contributed by atoms with E-state index < -0.39 is 22.4 Å². The van der Waals surface area contributed by atoms with Crippen molar-refractivity contribution in [2.45, 2.75) is 25.9 Å². The molecule has 10 heteroatoms. The Hall–Kier alpha value is -3.43. The molecule has 1 amide bonds. The van der Waals surface area contributed by atoms with Crippen LogP contribution in [0.5, 0.6) is 0 Å². The van der Waals surface area contributed by atoms with Gasteiger partial charge in [-0.05, 0) is 19.1 Å². The SMILES string of the molecule is Cc1ccc(C(=O)CCC(=O)N2CCN(c3ccc(C(F)(F)F)cc3[N+](=O)[O-])CC2)cc1. The van der Waals surface area contributed by atoms with Crippen molar-refractivity contribution >= 4 is 23.1 Å². The van der Waals surface area contributed by atoms with E-state index in [1.54, 1.807) is 21.9 Å². The summed E-state index contributed by atoms with van der Waals surface area (Å²) in [4.78, 5) is 38.4. The number of piperazine rings is 1. The fourth-order valence-electron chi connectivity index (χ4n) is 3.57. The number of benzene rings is 2. The lowest BCUT2D eigenvalue weighted by Crippen LogP contribution is -2.49. The maximum Gasteiger partial charge on any atom is 0.416 e. The largest absolute Gasteiger partial charge is 0.416 e. The van der Waals surface area contributed by atoms with Crippen molar-refractivity contribution in [3.63, 3.8) is 0 Å². The number of hydrogen-bond acceptors (Lipinski definition) is 5. The van der Waals surface area contributed by atoms with Gasteiger partial charge >= 0.3 is 6.18 Å². The van der Waals surface area contributed by atoms with Crippen LogP contribution in [0.15, 0.2) is 42.5 Å². The summed E-state index contributed by atoms with van der Waals surface area (Å²) < 4.78 is 38.7. The van der Waals surface area contributed by atoms with Gasteiger partial charge in [0.05, 0.1) is 10.5 Å². The van der Waals surface area contributed by atoms with Crippen LogP contribution in [0.3, 0.4) is 0 Å². The molecule has 1 aliphatic rings. The van der Waals surface area contributed by atoms with Gasteiger partial charge in [0.2, 0.25) is 5.91 Å². The van der Waals surface area contributed by atoms with Gasteiger partial charge in [0.25, 0.3) is 5.69 Å². The highest BCUT2D eigenvalue weighted by molar-refractivity contribution is 5.98. The Morgan fingerprint density at radius 2 is 1.62 bits per heavy atom. The first kappa shape index (κ1) is 23.2. The van der Waals surface area contributed by atoms with Gasteiger partial charge < -0.3 is 9.80 Å². The molecule has 0 spiro atoms. The first-order chi connectivity index (χ1) is 15.1. The third kappa shape index (κ3) is 5.43. The minimum Gasteiger partial charge on any atom is -0.362 e. The minimum atomic E-state index is -4.68. The molecule has 1 fully saturated rings. The van der Waals surface area contributed by atoms with E-state index in [-0.39, 0.29) is 56.4 Å². The predicted molar refractivity (Wildman–Crippen MR) is 112 cm³/mol. The molecule has 0 saturated carbocycles. The molecule has 7 nitrogen and oxygen atoms in total. The Labute approximate surface area is 182 Å². The second-order valence-corrected chi connectivity index (χ2v) is 7.62. The quantitative estimate of drug-likeness (QED) is 0.374. The van der Waals surface area contributed by atoms with E-state index in [0.717, 1.165) is 17.7 Å². The van der Waals surface area contributed by atoms with Crippen molar-refractivity contribution in [1.82, 2.24) is 4.90 Å². The molecule has 0 unspecified atom stereocenters. The van der Waals surface area contributed by atoms with E-state index in [1.165, 1.54) is 0 Å². The average molecular weight is 449 g/mol. The van der Waals surface area contributed by atoms with Crippen LogP contribution in [-0.4, -0.2) is 47.7 Å². The summed E-state index contributed by atoms with van der Waals surface area (Å²) in [6, 6.07) is 9.54. The maximum absolute atomic E-state index is 12.9. The van der Waals surface area contributed by atoms with Crippen molar-refractivity contribution in [2.24, 2.45) is 0 Å². The number of anilines is 1. The fraction of sp³-hybridized carbons (Fsp3) is 0.364. The molecule has 0 N–H and O–H groups in total. The molecule has 3 rings (SSSR count). The molecule has 0 radical (unpaired) electrons. The van der Waals surface area contributed by atoms with Gasteiger partial charge in [0, 0.05) is 50.7 Å². The van der Waals surface area contributed by atoms with Gasteiger partial charge in [0.1, 0.15) is 5.69 Å². The van der Waals surface area contributed by atoms with Gasteiger partial charge in [0.15, 0.2) is 5.78 Å². The van der Waals surface area contributed by atoms with Crippen LogP contribution in [-0.2, 0) is 11.0 Å². The number of halogens is 3. The summed E-state index contributed by atoms with van der Waals surface area (Å²) in [7, 11) is 0. The molecule has 1 aliphatic heterocycles. The standard InChI is InChI=1S/C22H22F3N3O4/c1-15-2-4-16(5-3-15)20(29)8-9-21(30)27-12-10-26(11-13-27)18-7-6-17(22(23,24)25)14-19(18)28(31)32/h2-7,14H,8-13H2,1H3. The van der Waals surface area contributed by atoms with E-state index >= 15 is 0 Å². The van der Waals surface area contributed by atoms with E-state index in [1.807, 2.05) is 19.1 Å². The number of amides is 1. The van der Waals surface area contributed by atoms with Crippen LogP contribution >= 0.6 is 0 Å². The zero-order valence-corrected chi connectivity index (χ0v) is 17.4. The predicted octanol–water partition coefficient (Wildman–Crippen LogP) is 4.23. The summed E-state index contributed by atoms with van der Waals surface area (Å²) in [6.45, 7) is 2.91. The van der Waals surface area contributed by atoms with Gasteiger partial charge in [-0.1, -0.05) is 29.8 Å². The van der Waals surface area contributed by atoms with Crippen molar-refractivity contribution < 1.29 is 27.7 Å². The topological polar surface area (TPSA) is 83.8 Å². The monoisotopic (exact) mass is 449 g/mol. The van der Waals surface area contributed by atoms with Crippen molar-refractivity contribution in [3.8, 4) is 0 Å². The van der Waals surface area contributed by atoms with Gasteiger partial charge in [-0.25, -0.2) is 0 Å². The Bertz CT molecular complexity index is 1010. The van der Waals surface area contributed by atoms with Gasteiger partial charge in [-0.3, -0.25) is 19.7 Å². The number of carbonyl (C=O) groups excluding carboxylic acids is 2. The molecule has 1 heterocycles. The Balaban J connectivity index is 1.59. The highest BCUT2D eigenvalue weighted by Gasteiger charge is 2.34. The molecule has 0 aromatic heterocycles. The van der Waals surface area contributed by atoms with Crippen LogP contribution in [0.2, 0.25) is 0 Å². The summed E-state index contributed by atoms with van der Waals surface area (Å²) >= 11 is 0. The smallest absolute Gasteiger partial charge is 0.362 e. The first-order valence-corrected chi connectivity index (χ1v) is 10.0. The maximum atomic E-state index is 12.9. The number of hydrogen-bond donors (Lipinski definition) is 0. The molecule has 1 saturated heterocycles. The van der Waals surface area contributed by atoms with Crippen molar-refractivity contribution in [2.75, 3.05) is 31.1 Å². The molecule has 170 valence electrons. The zero-order chi connectivity index (χ0) is 23.5. The van der Waals surface area contributed by atoms with Crippen LogP contribution in [0.1, 0.15) is 34.3 Å². The minimum absolute atomic E-state index is 0.0487. The number of nitro benzene ring substituents is 1. The number of alkyl halides is 3. The highest BCUT2D eigenvalue weighted by Crippen LogP contribution is 2.36. The van der Waals surface area contributed by atoms with Crippen LogP contribution in [0.4, 0.5) is 24.5 Å². The van der Waals surface area contributed by atoms with Crippen molar-refractivity contribution in [3.05, 3.63) is 69.3 Å². The third-order valence-corrected chi connectivity index (χ3v) is 5.41. The zero-order valence-electron chi connectivity index (χ0n) is 17.4. The third-order valence-electron chi connectivity index (χ3n) is 5.41. The molecule has 2 aromatic carbocycles. The normalized spacial score (nSPS) is 14.4. The summed E-state index contributed by atoms with van der Waals surface area (Å²) in [5.41, 5.74) is -0.0421. The Morgan fingerprint density at radius 1 is 1.00 bits per heavy atom. The number of Topliss-reactive ketones (excluding diaryl/α,β-unsaturated/α-hetero) is 1. The molecule has 0 aliphatic carbocycles. The van der Waals surface area contributed by atoms with E-state index in [2.05, 4.69) is 0 Å². The molecule has 2 aromatic rings. The lowest BCUT2D eigenvalue weighted by molar-refractivity contribution is -0.384. The van der Waals surface area contributed by atoms with Crippen LogP contribution in [0.25, 0.3) is 0 Å². The van der Waals surface area contributed by atoms with E-state index in [4.69, 9.17) is 0 Å². The molecular weight excluding hydrogens is 427 g/mol. The number of aryl methyl sites for hydroxylation is 1. The Kier molecular flexibility index (Phi) is 6.81. The summed E-state index contributed by atoms with van der Waals surface area (Å²) in [5, 5.41) is 11.3. The summed E-state index contributed by atoms with van der Waals surface area (Å²) in [6.07, 6.45) is -4.55. The molecule has 0 atom stereocenters. The Morgan fingerprint density at radius 3 is 2.19 bits per heavy atom. The number of nitro groups is 1. The highest BCUT2D eigenvalue weighted by atomic mass is 19.4. The second-order valence-electron chi connectivity index (χ2n) is 7.62. The average Bonchev–Trinajstić information content (AvgIpc) is 2.76. The molecular formula is C22H22F3N3O4. The van der Waals surface area contributed by atoms with E-state index in [9.17, 15) is 32.9 Å². The number of rotatable bonds is 6. The lowest BCUT2D eigenvalue weighted by Gasteiger charge is -2.36. The van der Waals surface area contributed by atoms with Crippen LogP contribution < -0.4 is 4.90 Å². The van der Waals surface area contributed by atoms with Crippen LogP contribution in [0, 0.1) is 17.0 Å².